The zero-order chi connectivity index (χ0) is 29.1. The van der Waals surface area contributed by atoms with E-state index in [1.165, 1.54) is 33.7 Å². The largest absolute Gasteiger partial charge is 0.508 e. The first-order chi connectivity index (χ1) is 19.1. The summed E-state index contributed by atoms with van der Waals surface area (Å²) in [6, 6.07) is 11.2. The number of nitrogens with two attached hydrogens (primary N) is 2. The van der Waals surface area contributed by atoms with Crippen molar-refractivity contribution >= 4 is 51.1 Å². The maximum atomic E-state index is 13.0. The van der Waals surface area contributed by atoms with Crippen LogP contribution in [0.5, 0.6) is 5.75 Å². The molecule has 1 unspecified atom stereocenters. The number of hydrogen-bond donors (Lipinski definition) is 7. The molecule has 12 nitrogen and oxygen atoms in total. The van der Waals surface area contributed by atoms with Crippen molar-refractivity contribution in [2.45, 2.75) is 37.0 Å². The summed E-state index contributed by atoms with van der Waals surface area (Å²) in [6.07, 6.45) is 0.324. The summed E-state index contributed by atoms with van der Waals surface area (Å²) in [7, 11) is 2.39. The Kier molecular flexibility index (Phi) is 11.7. The first-order valence-electron chi connectivity index (χ1n) is 12.4. The van der Waals surface area contributed by atoms with Crippen molar-refractivity contribution in [1.29, 1.82) is 0 Å². The van der Waals surface area contributed by atoms with Crippen molar-refractivity contribution in [3.05, 3.63) is 65.7 Å². The Balaban J connectivity index is 1.70. The molecule has 1 saturated heterocycles. The maximum absolute atomic E-state index is 13.0. The van der Waals surface area contributed by atoms with Crippen LogP contribution in [0.25, 0.3) is 0 Å². The SMILES string of the molecule is NC(=O)[C@@H]1CSSCC(NC(=O)[C@@H](N)Cc2ccc(O)cc2)C(=O)NCC(=O)N[C@@H](Cc2ccccc2)C(=O)N1. The van der Waals surface area contributed by atoms with E-state index in [1.807, 2.05) is 6.07 Å². The molecule has 5 amide bonds. The molecule has 1 fully saturated rings. The summed E-state index contributed by atoms with van der Waals surface area (Å²) in [5.74, 6) is -2.87. The van der Waals surface area contributed by atoms with E-state index in [1.54, 1.807) is 36.4 Å². The lowest BCUT2D eigenvalue weighted by molar-refractivity contribution is -0.132. The summed E-state index contributed by atoms with van der Waals surface area (Å²) in [6.45, 7) is -0.444. The number of nitrogens with one attached hydrogen (secondary N) is 4. The summed E-state index contributed by atoms with van der Waals surface area (Å²) < 4.78 is 0. The van der Waals surface area contributed by atoms with Gasteiger partial charge in [-0.25, -0.2) is 0 Å². The van der Waals surface area contributed by atoms with Crippen molar-refractivity contribution < 1.29 is 29.1 Å². The van der Waals surface area contributed by atoms with Crippen molar-refractivity contribution in [1.82, 2.24) is 21.3 Å². The fraction of sp³-hybridized carbons (Fsp3) is 0.346. The molecule has 40 heavy (non-hydrogen) atoms. The molecule has 0 bridgehead atoms. The minimum atomic E-state index is -1.03. The Labute approximate surface area is 239 Å². The number of rotatable bonds is 7. The van der Waals surface area contributed by atoms with Gasteiger partial charge in [-0.1, -0.05) is 64.1 Å². The molecule has 14 heteroatoms. The molecule has 2 aromatic carbocycles. The third kappa shape index (κ3) is 9.77. The molecule has 0 radical (unpaired) electrons. The molecule has 0 spiro atoms. The third-order valence-corrected chi connectivity index (χ3v) is 8.35. The number of amides is 5. The van der Waals surface area contributed by atoms with Crippen LogP contribution < -0.4 is 32.7 Å². The number of carbonyl (C=O) groups is 5. The topological polar surface area (TPSA) is 206 Å². The molecule has 1 aliphatic rings. The Bertz CT molecular complexity index is 1200. The molecule has 1 heterocycles. The minimum absolute atomic E-state index is 0.0845. The lowest BCUT2D eigenvalue weighted by atomic mass is 10.0. The summed E-state index contributed by atoms with van der Waals surface area (Å²) in [4.78, 5) is 63.4. The van der Waals surface area contributed by atoms with Gasteiger partial charge in [0.2, 0.25) is 29.5 Å². The van der Waals surface area contributed by atoms with Gasteiger partial charge in [-0.05, 0) is 29.7 Å². The molecule has 0 saturated carbocycles. The van der Waals surface area contributed by atoms with E-state index >= 15 is 0 Å². The van der Waals surface area contributed by atoms with Gasteiger partial charge in [0, 0.05) is 17.9 Å². The highest BCUT2D eigenvalue weighted by Gasteiger charge is 2.29. The van der Waals surface area contributed by atoms with E-state index in [9.17, 15) is 29.1 Å². The number of phenols is 1. The highest BCUT2D eigenvalue weighted by molar-refractivity contribution is 8.76. The maximum Gasteiger partial charge on any atom is 0.243 e. The van der Waals surface area contributed by atoms with Crippen LogP contribution in [0.2, 0.25) is 0 Å². The van der Waals surface area contributed by atoms with Gasteiger partial charge < -0.3 is 37.8 Å². The van der Waals surface area contributed by atoms with E-state index in [0.717, 1.165) is 11.1 Å². The monoisotopic (exact) mass is 588 g/mol. The van der Waals surface area contributed by atoms with Crippen LogP contribution >= 0.6 is 21.6 Å². The number of benzene rings is 2. The summed E-state index contributed by atoms with van der Waals surface area (Å²) in [5.41, 5.74) is 13.1. The Hall–Kier alpha value is -3.75. The molecule has 1 aliphatic heterocycles. The van der Waals surface area contributed by atoms with Crippen LogP contribution in [0.15, 0.2) is 54.6 Å². The second-order valence-electron chi connectivity index (χ2n) is 9.10. The highest BCUT2D eigenvalue weighted by atomic mass is 33.1. The second-order valence-corrected chi connectivity index (χ2v) is 11.7. The third-order valence-electron chi connectivity index (χ3n) is 5.93. The van der Waals surface area contributed by atoms with E-state index in [-0.39, 0.29) is 30.1 Å². The standard InChI is InChI=1S/C26H32N6O6S2/c27-18(10-16-6-8-17(33)9-7-16)24(36)32-21-14-40-39-13-20(23(28)35)31-26(38)19(11-15-4-2-1-3-5-15)30-22(34)12-29-25(21)37/h1-9,18-21,33H,10-14,27H2,(H2,28,35)(H,29,37)(H,30,34)(H,31,38)(H,32,36)/t18-,19-,20-,21?/m0/s1. The quantitative estimate of drug-likeness (QED) is 0.197. The van der Waals surface area contributed by atoms with Gasteiger partial charge in [0.1, 0.15) is 23.9 Å². The lowest BCUT2D eigenvalue weighted by Gasteiger charge is -2.24. The first kappa shape index (κ1) is 30.8. The van der Waals surface area contributed by atoms with Crippen LogP contribution in [-0.2, 0) is 36.8 Å². The van der Waals surface area contributed by atoms with Gasteiger partial charge in [-0.3, -0.25) is 24.0 Å². The van der Waals surface area contributed by atoms with Gasteiger partial charge in [0.15, 0.2) is 0 Å². The number of phenolic OH excluding ortho intramolecular Hbond substituents is 1. The Morgan fingerprint density at radius 1 is 0.950 bits per heavy atom. The molecule has 0 aliphatic carbocycles. The minimum Gasteiger partial charge on any atom is -0.508 e. The number of aromatic hydroxyl groups is 1. The molecular weight excluding hydrogens is 556 g/mol. The van der Waals surface area contributed by atoms with E-state index in [4.69, 9.17) is 11.5 Å². The van der Waals surface area contributed by atoms with Gasteiger partial charge >= 0.3 is 0 Å². The predicted octanol–water partition coefficient (Wildman–Crippen LogP) is -1.04. The fourth-order valence-corrected chi connectivity index (χ4v) is 6.08. The Morgan fingerprint density at radius 3 is 2.30 bits per heavy atom. The molecular formula is C26H32N6O6S2. The van der Waals surface area contributed by atoms with Gasteiger partial charge in [0.05, 0.1) is 12.6 Å². The van der Waals surface area contributed by atoms with Gasteiger partial charge in [-0.2, -0.15) is 0 Å². The van der Waals surface area contributed by atoms with Crippen molar-refractivity contribution in [3.8, 4) is 5.75 Å². The van der Waals surface area contributed by atoms with E-state index in [0.29, 0.717) is 0 Å². The summed E-state index contributed by atoms with van der Waals surface area (Å²) >= 11 is 0. The number of hydrogen-bond acceptors (Lipinski definition) is 9. The van der Waals surface area contributed by atoms with Gasteiger partial charge in [0.25, 0.3) is 0 Å². The molecule has 214 valence electrons. The van der Waals surface area contributed by atoms with Crippen LogP contribution in [0.3, 0.4) is 0 Å². The molecule has 9 N–H and O–H groups in total. The normalized spacial score (nSPS) is 21.6. The van der Waals surface area contributed by atoms with Crippen LogP contribution in [0, 0.1) is 0 Å². The average Bonchev–Trinajstić information content (AvgIpc) is 2.93. The summed E-state index contributed by atoms with van der Waals surface area (Å²) in [5, 5.41) is 19.8. The van der Waals surface area contributed by atoms with E-state index < -0.39 is 60.2 Å². The lowest BCUT2D eigenvalue weighted by Crippen LogP contribution is -2.57. The smallest absolute Gasteiger partial charge is 0.243 e. The van der Waals surface area contributed by atoms with Crippen LogP contribution in [0.1, 0.15) is 11.1 Å². The van der Waals surface area contributed by atoms with Gasteiger partial charge in [-0.15, -0.1) is 0 Å². The average molecular weight is 589 g/mol. The number of carbonyl (C=O) groups excluding carboxylic acids is 5. The molecule has 0 aromatic heterocycles. The predicted molar refractivity (Wildman–Crippen MR) is 153 cm³/mol. The van der Waals surface area contributed by atoms with Crippen molar-refractivity contribution in [3.63, 3.8) is 0 Å². The van der Waals surface area contributed by atoms with E-state index in [2.05, 4.69) is 21.3 Å². The van der Waals surface area contributed by atoms with Crippen LogP contribution in [-0.4, -0.2) is 76.9 Å². The first-order valence-corrected chi connectivity index (χ1v) is 14.9. The Morgan fingerprint density at radius 2 is 1.62 bits per heavy atom. The zero-order valence-electron chi connectivity index (χ0n) is 21.5. The fourth-order valence-electron chi connectivity index (χ4n) is 3.73. The van der Waals surface area contributed by atoms with Crippen molar-refractivity contribution in [2.24, 2.45) is 11.5 Å². The molecule has 2 aromatic rings. The number of primary amides is 1. The zero-order valence-corrected chi connectivity index (χ0v) is 23.1. The van der Waals surface area contributed by atoms with Crippen LogP contribution in [0.4, 0.5) is 0 Å². The molecule has 3 rings (SSSR count). The highest BCUT2D eigenvalue weighted by Crippen LogP contribution is 2.23. The second kappa shape index (κ2) is 15.1. The molecule has 4 atom stereocenters. The van der Waals surface area contributed by atoms with Crippen molar-refractivity contribution in [2.75, 3.05) is 18.1 Å².